The Morgan fingerprint density at radius 2 is 1.71 bits per heavy atom. The van der Waals surface area contributed by atoms with Gasteiger partial charge in [0.2, 0.25) is 0 Å². The van der Waals surface area contributed by atoms with Gasteiger partial charge in [-0.1, -0.05) is 34.6 Å². The van der Waals surface area contributed by atoms with Crippen LogP contribution in [0.15, 0.2) is 0 Å². The van der Waals surface area contributed by atoms with E-state index in [1.165, 1.54) is 0 Å². The fourth-order valence-electron chi connectivity index (χ4n) is 2.38. The molecule has 0 spiro atoms. The van der Waals surface area contributed by atoms with Crippen LogP contribution in [0.25, 0.3) is 0 Å². The van der Waals surface area contributed by atoms with Gasteiger partial charge >= 0.3 is 0 Å². The summed E-state index contributed by atoms with van der Waals surface area (Å²) in [6, 6.07) is 0. The number of anilines is 1. The predicted molar refractivity (Wildman–Crippen MR) is 74.1 cm³/mol. The first-order valence-corrected chi connectivity index (χ1v) is 6.65. The molecule has 1 rings (SSSR count). The van der Waals surface area contributed by atoms with Gasteiger partial charge in [0.1, 0.15) is 11.6 Å². The lowest BCUT2D eigenvalue weighted by Crippen LogP contribution is -2.10. The smallest absolute Gasteiger partial charge is 0.127 e. The summed E-state index contributed by atoms with van der Waals surface area (Å²) in [5.41, 5.74) is 7.31. The van der Waals surface area contributed by atoms with E-state index in [1.807, 2.05) is 6.92 Å². The summed E-state index contributed by atoms with van der Waals surface area (Å²) in [5, 5.41) is 0. The van der Waals surface area contributed by atoms with Crippen LogP contribution >= 0.6 is 0 Å². The third-order valence-electron chi connectivity index (χ3n) is 3.07. The molecule has 0 amide bonds. The normalized spacial score (nSPS) is 13.6. The molecule has 2 N–H and O–H groups in total. The van der Waals surface area contributed by atoms with Gasteiger partial charge in [-0.3, -0.25) is 0 Å². The van der Waals surface area contributed by atoms with Crippen LogP contribution < -0.4 is 5.73 Å². The van der Waals surface area contributed by atoms with Gasteiger partial charge in [-0.25, -0.2) is 4.98 Å². The summed E-state index contributed by atoms with van der Waals surface area (Å²) in [7, 11) is 0. The number of aromatic nitrogens is 2. The highest BCUT2D eigenvalue weighted by molar-refractivity contribution is 5.40. The maximum atomic E-state index is 6.23. The Balaban J connectivity index is 2.95. The van der Waals surface area contributed by atoms with Gasteiger partial charge in [0, 0.05) is 12.5 Å². The maximum Gasteiger partial charge on any atom is 0.127 e. The van der Waals surface area contributed by atoms with Crippen LogP contribution in [-0.4, -0.2) is 9.55 Å². The van der Waals surface area contributed by atoms with Crippen molar-refractivity contribution in [3.8, 4) is 0 Å². The molecule has 0 aliphatic carbocycles. The number of nitrogen functional groups attached to an aromatic ring is 1. The molecule has 1 aromatic heterocycles. The number of nitrogens with two attached hydrogens (primary N) is 1. The fraction of sp³-hybridized carbons (Fsp3) is 0.786. The molecule has 0 aromatic carbocycles. The van der Waals surface area contributed by atoms with E-state index >= 15 is 0 Å². The molecule has 0 saturated carbocycles. The Morgan fingerprint density at radius 1 is 1.12 bits per heavy atom. The highest BCUT2D eigenvalue weighted by atomic mass is 15.1. The third kappa shape index (κ3) is 3.48. The van der Waals surface area contributed by atoms with Gasteiger partial charge in [-0.05, 0) is 25.2 Å². The second-order valence-electron chi connectivity index (χ2n) is 5.96. The standard InChI is InChI=1S/C14H27N3/c1-9(2)7-11(5)13-14(15)17(8-10(3)4)12(6)16-13/h9-11H,7-8,15H2,1-6H3. The van der Waals surface area contributed by atoms with Crippen LogP contribution in [0.5, 0.6) is 0 Å². The van der Waals surface area contributed by atoms with Crippen LogP contribution in [0, 0.1) is 18.8 Å². The van der Waals surface area contributed by atoms with E-state index in [-0.39, 0.29) is 0 Å². The van der Waals surface area contributed by atoms with Crippen molar-refractivity contribution in [1.82, 2.24) is 9.55 Å². The van der Waals surface area contributed by atoms with Crippen molar-refractivity contribution in [3.05, 3.63) is 11.5 Å². The molecule has 1 unspecified atom stereocenters. The molecule has 0 radical (unpaired) electrons. The Bertz CT molecular complexity index is 364. The van der Waals surface area contributed by atoms with Crippen molar-refractivity contribution in [3.63, 3.8) is 0 Å². The molecule has 3 heteroatoms. The molecular formula is C14H27N3. The zero-order valence-corrected chi connectivity index (χ0v) is 12.1. The fourth-order valence-corrected chi connectivity index (χ4v) is 2.38. The quantitative estimate of drug-likeness (QED) is 0.850. The number of aryl methyl sites for hydroxylation is 1. The number of rotatable bonds is 5. The van der Waals surface area contributed by atoms with Gasteiger partial charge in [0.15, 0.2) is 0 Å². The van der Waals surface area contributed by atoms with Crippen LogP contribution in [0.1, 0.15) is 58.5 Å². The van der Waals surface area contributed by atoms with E-state index in [2.05, 4.69) is 44.2 Å². The van der Waals surface area contributed by atoms with Crippen molar-refractivity contribution in [1.29, 1.82) is 0 Å². The lowest BCUT2D eigenvalue weighted by atomic mass is 9.96. The number of imidazole rings is 1. The molecular weight excluding hydrogens is 210 g/mol. The lowest BCUT2D eigenvalue weighted by Gasteiger charge is -2.14. The number of hydrogen-bond donors (Lipinski definition) is 1. The van der Waals surface area contributed by atoms with Gasteiger partial charge < -0.3 is 10.3 Å². The van der Waals surface area contributed by atoms with E-state index < -0.39 is 0 Å². The van der Waals surface area contributed by atoms with Crippen LogP contribution in [0.4, 0.5) is 5.82 Å². The molecule has 1 atom stereocenters. The summed E-state index contributed by atoms with van der Waals surface area (Å²) < 4.78 is 2.15. The first kappa shape index (κ1) is 14.1. The molecule has 0 fully saturated rings. The molecule has 0 aliphatic rings. The molecule has 3 nitrogen and oxygen atoms in total. The Labute approximate surface area is 105 Å². The van der Waals surface area contributed by atoms with E-state index in [1.54, 1.807) is 0 Å². The van der Waals surface area contributed by atoms with Gasteiger partial charge in [0.05, 0.1) is 5.69 Å². The van der Waals surface area contributed by atoms with Crippen molar-refractivity contribution in [2.45, 2.75) is 60.4 Å². The van der Waals surface area contributed by atoms with E-state index in [0.29, 0.717) is 17.8 Å². The Morgan fingerprint density at radius 3 is 2.18 bits per heavy atom. The third-order valence-corrected chi connectivity index (χ3v) is 3.07. The largest absolute Gasteiger partial charge is 0.384 e. The lowest BCUT2D eigenvalue weighted by molar-refractivity contribution is 0.513. The summed E-state index contributed by atoms with van der Waals surface area (Å²) in [6.07, 6.45) is 1.14. The minimum atomic E-state index is 0.446. The molecule has 0 bridgehead atoms. The summed E-state index contributed by atoms with van der Waals surface area (Å²) in [5.74, 6) is 3.63. The highest BCUT2D eigenvalue weighted by Gasteiger charge is 2.18. The first-order chi connectivity index (χ1) is 7.82. The monoisotopic (exact) mass is 237 g/mol. The van der Waals surface area contributed by atoms with E-state index in [0.717, 1.165) is 30.3 Å². The van der Waals surface area contributed by atoms with E-state index in [9.17, 15) is 0 Å². The van der Waals surface area contributed by atoms with Gasteiger partial charge in [-0.2, -0.15) is 0 Å². The SMILES string of the molecule is Cc1nc(C(C)CC(C)C)c(N)n1CC(C)C. The van der Waals surface area contributed by atoms with Crippen molar-refractivity contribution < 1.29 is 0 Å². The van der Waals surface area contributed by atoms with Crippen molar-refractivity contribution >= 4 is 5.82 Å². The number of hydrogen-bond acceptors (Lipinski definition) is 2. The van der Waals surface area contributed by atoms with Crippen molar-refractivity contribution in [2.75, 3.05) is 5.73 Å². The zero-order valence-electron chi connectivity index (χ0n) is 12.1. The topological polar surface area (TPSA) is 43.8 Å². The molecule has 98 valence electrons. The average molecular weight is 237 g/mol. The minimum absolute atomic E-state index is 0.446. The predicted octanol–water partition coefficient (Wildman–Crippen LogP) is 3.58. The van der Waals surface area contributed by atoms with Crippen molar-refractivity contribution in [2.24, 2.45) is 11.8 Å². The Kier molecular flexibility index (Phi) is 4.61. The minimum Gasteiger partial charge on any atom is -0.384 e. The summed E-state index contributed by atoms with van der Waals surface area (Å²) >= 11 is 0. The highest BCUT2D eigenvalue weighted by Crippen LogP contribution is 2.28. The first-order valence-electron chi connectivity index (χ1n) is 6.65. The molecule has 1 aromatic rings. The molecule has 17 heavy (non-hydrogen) atoms. The second-order valence-corrected chi connectivity index (χ2v) is 5.96. The van der Waals surface area contributed by atoms with Crippen LogP contribution in [-0.2, 0) is 6.54 Å². The van der Waals surface area contributed by atoms with Gasteiger partial charge in [0.25, 0.3) is 0 Å². The van der Waals surface area contributed by atoms with E-state index in [4.69, 9.17) is 5.73 Å². The molecule has 0 aliphatic heterocycles. The molecule has 0 saturated heterocycles. The average Bonchev–Trinajstić information content (AvgIpc) is 2.44. The maximum absolute atomic E-state index is 6.23. The zero-order chi connectivity index (χ0) is 13.2. The Hall–Kier alpha value is -0.990. The van der Waals surface area contributed by atoms with Crippen LogP contribution in [0.2, 0.25) is 0 Å². The summed E-state index contributed by atoms with van der Waals surface area (Å²) in [4.78, 5) is 4.65. The van der Waals surface area contributed by atoms with Crippen LogP contribution in [0.3, 0.4) is 0 Å². The summed E-state index contributed by atoms with van der Waals surface area (Å²) in [6.45, 7) is 14.1. The van der Waals surface area contributed by atoms with Gasteiger partial charge in [-0.15, -0.1) is 0 Å². The second kappa shape index (κ2) is 5.56. The number of nitrogens with zero attached hydrogens (tertiary/aromatic N) is 2. The molecule has 1 heterocycles.